The van der Waals surface area contributed by atoms with Crippen molar-refractivity contribution in [2.45, 2.75) is 39.0 Å². The molecule has 0 saturated carbocycles. The zero-order valence-corrected chi connectivity index (χ0v) is 11.8. The number of nitrogens with two attached hydrogens (primary N) is 1. The Morgan fingerprint density at radius 3 is 2.33 bits per heavy atom. The fourth-order valence-corrected chi connectivity index (χ4v) is 2.07. The van der Waals surface area contributed by atoms with Gasteiger partial charge in [-0.05, 0) is 39.8 Å². The first-order valence-electron chi connectivity index (χ1n) is 7.05. The van der Waals surface area contributed by atoms with Crippen LogP contribution in [0.5, 0.6) is 0 Å². The van der Waals surface area contributed by atoms with Crippen molar-refractivity contribution in [1.29, 1.82) is 0 Å². The van der Waals surface area contributed by atoms with Crippen LogP contribution in [0, 0.1) is 0 Å². The molecule has 0 radical (unpaired) electrons. The van der Waals surface area contributed by atoms with Crippen LogP contribution in [0.2, 0.25) is 0 Å². The molecular formula is C13H28N2O3. The van der Waals surface area contributed by atoms with Gasteiger partial charge in [-0.15, -0.1) is 0 Å². The van der Waals surface area contributed by atoms with E-state index in [0.29, 0.717) is 25.9 Å². The second-order valence-electron chi connectivity index (χ2n) is 4.59. The van der Waals surface area contributed by atoms with E-state index in [4.69, 9.17) is 19.9 Å². The van der Waals surface area contributed by atoms with E-state index in [1.54, 1.807) is 0 Å². The molecule has 0 aromatic heterocycles. The van der Waals surface area contributed by atoms with Crippen molar-refractivity contribution in [1.82, 2.24) is 4.90 Å². The Labute approximate surface area is 111 Å². The Hall–Kier alpha value is -0.200. The number of nitrogens with zero attached hydrogens (tertiary/aromatic N) is 1. The van der Waals surface area contributed by atoms with Gasteiger partial charge in [-0.3, -0.25) is 0 Å². The van der Waals surface area contributed by atoms with Gasteiger partial charge < -0.3 is 24.8 Å². The lowest BCUT2D eigenvalue weighted by Crippen LogP contribution is -2.41. The monoisotopic (exact) mass is 260 g/mol. The fourth-order valence-electron chi connectivity index (χ4n) is 2.07. The average molecular weight is 260 g/mol. The van der Waals surface area contributed by atoms with E-state index in [0.717, 1.165) is 39.1 Å². The number of hydrogen-bond donors (Lipinski definition) is 1. The van der Waals surface area contributed by atoms with Crippen LogP contribution >= 0.6 is 0 Å². The third-order valence-electron chi connectivity index (χ3n) is 3.14. The molecule has 5 heteroatoms. The van der Waals surface area contributed by atoms with Gasteiger partial charge in [0, 0.05) is 25.8 Å². The zero-order chi connectivity index (χ0) is 13.2. The Bertz CT molecular complexity index is 191. The van der Waals surface area contributed by atoms with Crippen molar-refractivity contribution >= 4 is 0 Å². The quantitative estimate of drug-likeness (QED) is 0.491. The molecule has 0 aromatic carbocycles. The molecule has 0 atom stereocenters. The molecule has 5 nitrogen and oxygen atoms in total. The van der Waals surface area contributed by atoms with E-state index in [9.17, 15) is 0 Å². The van der Waals surface area contributed by atoms with Gasteiger partial charge in [-0.2, -0.15) is 0 Å². The highest BCUT2D eigenvalue weighted by atomic mass is 16.7. The van der Waals surface area contributed by atoms with Crippen molar-refractivity contribution in [2.75, 3.05) is 46.1 Å². The van der Waals surface area contributed by atoms with Gasteiger partial charge in [0.1, 0.15) is 0 Å². The predicted molar refractivity (Wildman–Crippen MR) is 71.5 cm³/mol. The summed E-state index contributed by atoms with van der Waals surface area (Å²) in [7, 11) is 0. The van der Waals surface area contributed by atoms with Crippen LogP contribution in [0.15, 0.2) is 0 Å². The first kappa shape index (κ1) is 15.9. The average Bonchev–Trinajstić information content (AvgIpc) is 2.37. The lowest BCUT2D eigenvalue weighted by Gasteiger charge is -2.30. The summed E-state index contributed by atoms with van der Waals surface area (Å²) in [5.74, 6) is 0. The molecule has 1 saturated heterocycles. The molecule has 0 bridgehead atoms. The van der Waals surface area contributed by atoms with E-state index in [1.807, 2.05) is 13.8 Å². The fraction of sp³-hybridized carbons (Fsp3) is 1.00. The molecule has 1 fully saturated rings. The number of rotatable bonds is 9. The van der Waals surface area contributed by atoms with Gasteiger partial charge in [0.25, 0.3) is 0 Å². The molecule has 108 valence electrons. The molecule has 1 rings (SSSR count). The topological polar surface area (TPSA) is 57.0 Å². The SMILES string of the molecule is CCOC(COCCN1CCC(N)CC1)OCC. The van der Waals surface area contributed by atoms with E-state index < -0.39 is 0 Å². The molecular weight excluding hydrogens is 232 g/mol. The summed E-state index contributed by atoms with van der Waals surface area (Å²) in [6, 6.07) is 0.391. The molecule has 2 N–H and O–H groups in total. The number of piperidine rings is 1. The minimum atomic E-state index is -0.227. The maximum atomic E-state index is 5.87. The van der Waals surface area contributed by atoms with Gasteiger partial charge in [0.05, 0.1) is 13.2 Å². The highest BCUT2D eigenvalue weighted by molar-refractivity contribution is 4.73. The van der Waals surface area contributed by atoms with Crippen molar-refractivity contribution in [3.63, 3.8) is 0 Å². The number of ether oxygens (including phenoxy) is 3. The van der Waals surface area contributed by atoms with Crippen LogP contribution in [0.1, 0.15) is 26.7 Å². The minimum Gasteiger partial charge on any atom is -0.375 e. The molecule has 1 aliphatic heterocycles. The van der Waals surface area contributed by atoms with Crippen LogP contribution in [0.4, 0.5) is 0 Å². The van der Waals surface area contributed by atoms with Gasteiger partial charge in [0.2, 0.25) is 0 Å². The van der Waals surface area contributed by atoms with Crippen LogP contribution in [0.3, 0.4) is 0 Å². The number of likely N-dealkylation sites (tertiary alicyclic amines) is 1. The Balaban J connectivity index is 2.02. The Kier molecular flexibility index (Phi) is 8.54. The summed E-state index contributed by atoms with van der Waals surface area (Å²) in [6.45, 7) is 9.61. The lowest BCUT2D eigenvalue weighted by atomic mass is 10.1. The second kappa shape index (κ2) is 9.69. The molecule has 1 heterocycles. The van der Waals surface area contributed by atoms with Crippen LogP contribution in [-0.2, 0) is 14.2 Å². The maximum absolute atomic E-state index is 5.87. The van der Waals surface area contributed by atoms with E-state index in [2.05, 4.69) is 4.90 Å². The van der Waals surface area contributed by atoms with Crippen LogP contribution < -0.4 is 5.73 Å². The highest BCUT2D eigenvalue weighted by Crippen LogP contribution is 2.07. The summed E-state index contributed by atoms with van der Waals surface area (Å²) in [4.78, 5) is 2.40. The van der Waals surface area contributed by atoms with Crippen molar-refractivity contribution in [3.05, 3.63) is 0 Å². The second-order valence-corrected chi connectivity index (χ2v) is 4.59. The predicted octanol–water partition coefficient (Wildman–Crippen LogP) is 0.825. The van der Waals surface area contributed by atoms with Gasteiger partial charge in [-0.25, -0.2) is 0 Å². The molecule has 0 unspecified atom stereocenters. The largest absolute Gasteiger partial charge is 0.375 e. The van der Waals surface area contributed by atoms with Gasteiger partial charge in [0.15, 0.2) is 6.29 Å². The zero-order valence-electron chi connectivity index (χ0n) is 11.8. The van der Waals surface area contributed by atoms with Gasteiger partial charge in [-0.1, -0.05) is 0 Å². The van der Waals surface area contributed by atoms with Gasteiger partial charge >= 0.3 is 0 Å². The summed E-state index contributed by atoms with van der Waals surface area (Å²) in [6.07, 6.45) is 1.97. The van der Waals surface area contributed by atoms with Crippen molar-refractivity contribution < 1.29 is 14.2 Å². The normalized spacial score (nSPS) is 18.7. The number of hydrogen-bond acceptors (Lipinski definition) is 5. The molecule has 0 aromatic rings. The van der Waals surface area contributed by atoms with Crippen molar-refractivity contribution in [3.8, 4) is 0 Å². The molecule has 18 heavy (non-hydrogen) atoms. The summed E-state index contributed by atoms with van der Waals surface area (Å²) in [5.41, 5.74) is 5.87. The maximum Gasteiger partial charge on any atom is 0.180 e. The van der Waals surface area contributed by atoms with Crippen molar-refractivity contribution in [2.24, 2.45) is 5.73 Å². The first-order valence-corrected chi connectivity index (χ1v) is 7.05. The molecule has 0 aliphatic carbocycles. The molecule has 1 aliphatic rings. The summed E-state index contributed by atoms with van der Waals surface area (Å²) >= 11 is 0. The van der Waals surface area contributed by atoms with Crippen LogP contribution in [-0.4, -0.2) is 63.3 Å². The Morgan fingerprint density at radius 1 is 1.17 bits per heavy atom. The molecule has 0 spiro atoms. The van der Waals surface area contributed by atoms with Crippen LogP contribution in [0.25, 0.3) is 0 Å². The molecule has 0 amide bonds. The van der Waals surface area contributed by atoms with E-state index in [-0.39, 0.29) is 6.29 Å². The first-order chi connectivity index (χ1) is 8.76. The summed E-state index contributed by atoms with van der Waals surface area (Å²) in [5, 5.41) is 0. The smallest absolute Gasteiger partial charge is 0.180 e. The standard InChI is InChI=1S/C13H28N2O3/c1-3-17-13(18-4-2)11-16-10-9-15-7-5-12(14)6-8-15/h12-13H,3-11,14H2,1-2H3. The third kappa shape index (κ3) is 6.66. The van der Waals surface area contributed by atoms with E-state index in [1.165, 1.54) is 0 Å². The van der Waals surface area contributed by atoms with E-state index >= 15 is 0 Å². The summed E-state index contributed by atoms with van der Waals surface area (Å²) < 4.78 is 16.4. The Morgan fingerprint density at radius 2 is 1.78 bits per heavy atom. The lowest BCUT2D eigenvalue weighted by molar-refractivity contribution is -0.167. The third-order valence-corrected chi connectivity index (χ3v) is 3.14. The minimum absolute atomic E-state index is 0.227. The highest BCUT2D eigenvalue weighted by Gasteiger charge is 2.15.